The van der Waals surface area contributed by atoms with Gasteiger partial charge in [-0.2, -0.15) is 0 Å². The van der Waals surface area contributed by atoms with Crippen LogP contribution in [0.15, 0.2) is 0 Å². The Morgan fingerprint density at radius 2 is 0.978 bits per heavy atom. The van der Waals surface area contributed by atoms with Crippen LogP contribution in [0, 0.1) is 0 Å². The van der Waals surface area contributed by atoms with E-state index in [1.165, 1.54) is 122 Å². The molecule has 0 rings (SSSR count). The lowest BCUT2D eigenvalue weighted by Crippen LogP contribution is -2.27. The van der Waals surface area contributed by atoms with Crippen LogP contribution in [-0.4, -0.2) is 54.3 Å². The molecule has 2 unspecified atom stereocenters. The van der Waals surface area contributed by atoms with E-state index in [2.05, 4.69) is 19.2 Å². The van der Waals surface area contributed by atoms with E-state index in [1.807, 2.05) is 0 Å². The summed E-state index contributed by atoms with van der Waals surface area (Å²) in [5.41, 5.74) is 0. The summed E-state index contributed by atoms with van der Waals surface area (Å²) in [6, 6.07) is 0. The quantitative estimate of drug-likeness (QED) is 0.0339. The lowest BCUT2D eigenvalue weighted by atomic mass is 10.0. The van der Waals surface area contributed by atoms with E-state index in [-0.39, 0.29) is 32.1 Å². The molecule has 10 heteroatoms. The van der Waals surface area contributed by atoms with Crippen LogP contribution in [0.25, 0.3) is 0 Å². The Labute approximate surface area is 282 Å². The number of aliphatic hydroxyl groups is 1. The molecule has 0 aliphatic rings. The number of rotatable bonds is 36. The average Bonchev–Trinajstić information content (AvgIpc) is 3.04. The molecule has 2 atom stereocenters. The third-order valence-electron chi connectivity index (χ3n) is 8.29. The van der Waals surface area contributed by atoms with Crippen LogP contribution in [0.2, 0.25) is 0 Å². The first-order valence-electron chi connectivity index (χ1n) is 19.0. The summed E-state index contributed by atoms with van der Waals surface area (Å²) in [4.78, 5) is 33.7. The first-order valence-corrected chi connectivity index (χ1v) is 20.5. The van der Waals surface area contributed by atoms with Gasteiger partial charge in [-0.25, -0.2) is 4.57 Å². The molecule has 0 radical (unpaired) electrons. The van der Waals surface area contributed by atoms with Crippen molar-refractivity contribution in [3.63, 3.8) is 0 Å². The van der Waals surface area contributed by atoms with E-state index < -0.39 is 26.5 Å². The van der Waals surface area contributed by atoms with Crippen LogP contribution in [0.3, 0.4) is 0 Å². The number of aliphatic hydroxyl groups excluding tert-OH is 1. The summed E-state index contributed by atoms with van der Waals surface area (Å²) >= 11 is 0. The number of amides is 1. The largest absolute Gasteiger partial charge is 0.472 e. The van der Waals surface area contributed by atoms with Gasteiger partial charge in [-0.3, -0.25) is 18.6 Å². The highest BCUT2D eigenvalue weighted by Gasteiger charge is 2.23. The summed E-state index contributed by atoms with van der Waals surface area (Å²) < 4.78 is 26.7. The number of phosphoric ester groups is 1. The van der Waals surface area contributed by atoms with Gasteiger partial charge in [0.1, 0.15) is 12.7 Å². The number of phosphoric acid groups is 1. The minimum absolute atomic E-state index is 0.0875. The summed E-state index contributed by atoms with van der Waals surface area (Å²) in [6.45, 7) is 3.56. The molecule has 0 aliphatic heterocycles. The van der Waals surface area contributed by atoms with Gasteiger partial charge < -0.3 is 20.1 Å². The lowest BCUT2D eigenvalue weighted by molar-refractivity contribution is -0.147. The number of carbonyl (C=O) groups is 2. The highest BCUT2D eigenvalue weighted by atomic mass is 31.2. The first-order chi connectivity index (χ1) is 22.3. The number of hydrogen-bond donors (Lipinski definition) is 3. The molecule has 0 saturated heterocycles. The van der Waals surface area contributed by atoms with Crippen LogP contribution in [0.1, 0.15) is 187 Å². The molecule has 3 N–H and O–H groups in total. The van der Waals surface area contributed by atoms with Crippen molar-refractivity contribution in [2.24, 2.45) is 0 Å². The molecule has 1 amide bonds. The van der Waals surface area contributed by atoms with Gasteiger partial charge in [0.15, 0.2) is 0 Å². The van der Waals surface area contributed by atoms with Gasteiger partial charge >= 0.3 is 13.8 Å². The predicted molar refractivity (Wildman–Crippen MR) is 188 cm³/mol. The van der Waals surface area contributed by atoms with E-state index in [0.717, 1.165) is 38.5 Å². The van der Waals surface area contributed by atoms with Crippen molar-refractivity contribution in [2.45, 2.75) is 193 Å². The van der Waals surface area contributed by atoms with E-state index >= 15 is 0 Å². The maximum atomic E-state index is 12.0. The molecular formula is C36H72NO8P. The first kappa shape index (κ1) is 45.0. The van der Waals surface area contributed by atoms with Crippen LogP contribution in [0.5, 0.6) is 0 Å². The topological polar surface area (TPSA) is 131 Å². The fourth-order valence-corrected chi connectivity index (χ4v) is 6.14. The van der Waals surface area contributed by atoms with Crippen molar-refractivity contribution in [3.05, 3.63) is 0 Å². The van der Waals surface area contributed by atoms with Crippen molar-refractivity contribution in [2.75, 3.05) is 26.4 Å². The van der Waals surface area contributed by atoms with Crippen molar-refractivity contribution < 1.29 is 37.9 Å². The van der Waals surface area contributed by atoms with Gasteiger partial charge in [-0.05, 0) is 12.8 Å². The zero-order chi connectivity index (χ0) is 34.0. The van der Waals surface area contributed by atoms with Crippen molar-refractivity contribution in [3.8, 4) is 0 Å². The smallest absolute Gasteiger partial charge is 0.463 e. The molecule has 46 heavy (non-hydrogen) atoms. The Kier molecular flexibility index (Phi) is 33.2. The maximum Gasteiger partial charge on any atom is 0.472 e. The van der Waals surface area contributed by atoms with Crippen LogP contribution < -0.4 is 5.32 Å². The maximum absolute atomic E-state index is 12.0. The third kappa shape index (κ3) is 34.3. The van der Waals surface area contributed by atoms with Crippen LogP contribution in [0.4, 0.5) is 0 Å². The summed E-state index contributed by atoms with van der Waals surface area (Å²) in [7, 11) is -4.40. The summed E-state index contributed by atoms with van der Waals surface area (Å²) in [6.07, 6.45) is 30.3. The third-order valence-corrected chi connectivity index (χ3v) is 9.27. The fraction of sp³-hybridized carbons (Fsp3) is 0.944. The molecule has 0 spiro atoms. The minimum atomic E-state index is -4.40. The number of ether oxygens (including phenoxy) is 1. The molecule has 0 heterocycles. The summed E-state index contributed by atoms with van der Waals surface area (Å²) in [5.74, 6) is -0.509. The Morgan fingerprint density at radius 1 is 0.587 bits per heavy atom. The molecule has 0 aliphatic carbocycles. The number of nitrogens with one attached hydrogen (secondary N) is 1. The Hall–Kier alpha value is -0.990. The standard InChI is InChI=1S/C36H72NO8P/c1-3-5-7-9-11-13-15-16-17-19-21-23-25-27-29-36(40)43-32-34(38)33-45-46(41,42)44-31-30-37-35(39)28-26-24-22-20-18-14-12-10-8-6-4-2/h34,38H,3-33H2,1-2H3,(H,37,39)(H,41,42). The van der Waals surface area contributed by atoms with E-state index in [0.29, 0.717) is 6.42 Å². The van der Waals surface area contributed by atoms with E-state index in [4.69, 9.17) is 13.8 Å². The normalized spacial score (nSPS) is 13.4. The van der Waals surface area contributed by atoms with Crippen LogP contribution in [-0.2, 0) is 27.9 Å². The van der Waals surface area contributed by atoms with Crippen LogP contribution >= 0.6 is 7.82 Å². The second-order valence-electron chi connectivity index (χ2n) is 12.9. The average molecular weight is 678 g/mol. The zero-order valence-corrected chi connectivity index (χ0v) is 30.7. The number of hydrogen-bond acceptors (Lipinski definition) is 7. The van der Waals surface area contributed by atoms with Gasteiger partial charge in [0.25, 0.3) is 0 Å². The highest BCUT2D eigenvalue weighted by Crippen LogP contribution is 2.42. The fourth-order valence-electron chi connectivity index (χ4n) is 5.38. The predicted octanol–water partition coefficient (Wildman–Crippen LogP) is 9.71. The Bertz CT molecular complexity index is 739. The van der Waals surface area contributed by atoms with E-state index in [1.54, 1.807) is 0 Å². The monoisotopic (exact) mass is 677 g/mol. The van der Waals surface area contributed by atoms with Crippen molar-refractivity contribution in [1.29, 1.82) is 0 Å². The molecule has 0 bridgehead atoms. The second-order valence-corrected chi connectivity index (χ2v) is 14.4. The highest BCUT2D eigenvalue weighted by molar-refractivity contribution is 7.47. The second kappa shape index (κ2) is 33.9. The molecule has 0 aromatic heterocycles. The zero-order valence-electron chi connectivity index (χ0n) is 29.8. The molecule has 0 saturated carbocycles. The molecular weight excluding hydrogens is 605 g/mol. The number of esters is 1. The molecule has 0 fully saturated rings. The Balaban J connectivity index is 3.60. The molecule has 0 aromatic rings. The molecule has 0 aromatic carbocycles. The van der Waals surface area contributed by atoms with Gasteiger partial charge in [0.2, 0.25) is 5.91 Å². The van der Waals surface area contributed by atoms with Gasteiger partial charge in [0, 0.05) is 19.4 Å². The lowest BCUT2D eigenvalue weighted by Gasteiger charge is -2.15. The van der Waals surface area contributed by atoms with Crippen molar-refractivity contribution in [1.82, 2.24) is 5.32 Å². The van der Waals surface area contributed by atoms with Gasteiger partial charge in [0.05, 0.1) is 13.2 Å². The minimum Gasteiger partial charge on any atom is -0.463 e. The van der Waals surface area contributed by atoms with E-state index in [9.17, 15) is 24.2 Å². The number of carbonyl (C=O) groups excluding carboxylic acids is 2. The Morgan fingerprint density at radius 3 is 1.41 bits per heavy atom. The van der Waals surface area contributed by atoms with Gasteiger partial charge in [-0.1, -0.05) is 162 Å². The number of unbranched alkanes of at least 4 members (excludes halogenated alkanes) is 23. The summed E-state index contributed by atoms with van der Waals surface area (Å²) in [5, 5.41) is 12.6. The van der Waals surface area contributed by atoms with Gasteiger partial charge in [-0.15, -0.1) is 0 Å². The molecule has 9 nitrogen and oxygen atoms in total. The molecule has 274 valence electrons. The SMILES string of the molecule is CCCCCCCCCCCCCCCCC(=O)OCC(O)COP(=O)(O)OCCNC(=O)CCCCCCCCCCCCC. The van der Waals surface area contributed by atoms with Crippen molar-refractivity contribution >= 4 is 19.7 Å².